The molecule has 1 N–H and O–H groups in total. The lowest BCUT2D eigenvalue weighted by atomic mass is 10.1. The Morgan fingerprint density at radius 1 is 1.09 bits per heavy atom. The lowest BCUT2D eigenvalue weighted by molar-refractivity contribution is 0.0699. The van der Waals surface area contributed by atoms with Gasteiger partial charge in [-0.2, -0.15) is 0 Å². The lowest BCUT2D eigenvalue weighted by Crippen LogP contribution is -2.30. The highest BCUT2D eigenvalue weighted by molar-refractivity contribution is 7.93. The zero-order chi connectivity index (χ0) is 23.6. The molecule has 0 saturated heterocycles. The van der Waals surface area contributed by atoms with Crippen LogP contribution in [0.25, 0.3) is 10.8 Å². The van der Waals surface area contributed by atoms with E-state index in [1.165, 1.54) is 60.3 Å². The molecule has 0 amide bonds. The molecule has 3 aromatic carbocycles. The van der Waals surface area contributed by atoms with E-state index in [1.807, 2.05) is 0 Å². The maximum Gasteiger partial charge on any atom is 0.336 e. The molecule has 0 fully saturated rings. The zero-order valence-corrected chi connectivity index (χ0v) is 19.4. The minimum atomic E-state index is -4.04. The first kappa shape index (κ1) is 22.6. The van der Waals surface area contributed by atoms with Gasteiger partial charge in [-0.25, -0.2) is 22.5 Å². The van der Waals surface area contributed by atoms with Crippen molar-refractivity contribution in [2.24, 2.45) is 0 Å². The Kier molecular flexibility index (Phi) is 6.21. The summed E-state index contributed by atoms with van der Waals surface area (Å²) in [5.74, 6) is -0.00837. The van der Waals surface area contributed by atoms with Crippen LogP contribution in [0.1, 0.15) is 15.9 Å². The van der Waals surface area contributed by atoms with Crippen molar-refractivity contribution in [2.45, 2.75) is 11.4 Å². The van der Waals surface area contributed by atoms with Gasteiger partial charge in [0.05, 0.1) is 31.2 Å². The van der Waals surface area contributed by atoms with Crippen LogP contribution in [0.15, 0.2) is 71.1 Å². The second-order valence-electron chi connectivity index (χ2n) is 7.00. The predicted molar refractivity (Wildman–Crippen MR) is 126 cm³/mol. The van der Waals surface area contributed by atoms with Crippen molar-refractivity contribution >= 4 is 43.2 Å². The molecule has 170 valence electrons. The fourth-order valence-corrected chi connectivity index (χ4v) is 5.77. The molecule has 10 heteroatoms. The van der Waals surface area contributed by atoms with Crippen molar-refractivity contribution in [1.29, 1.82) is 0 Å². The second-order valence-corrected chi connectivity index (χ2v) is 9.73. The average Bonchev–Trinajstić information content (AvgIpc) is 3.35. The molecule has 0 bridgehead atoms. The van der Waals surface area contributed by atoms with Crippen molar-refractivity contribution < 1.29 is 27.8 Å². The van der Waals surface area contributed by atoms with E-state index in [9.17, 15) is 18.3 Å². The minimum Gasteiger partial charge on any atom is -0.497 e. The molecule has 0 unspecified atom stereocenters. The van der Waals surface area contributed by atoms with E-state index in [-0.39, 0.29) is 17.0 Å². The zero-order valence-electron chi connectivity index (χ0n) is 17.8. The number of hydrogen-bond donors (Lipinski definition) is 1. The Bertz CT molecular complexity index is 1420. The van der Waals surface area contributed by atoms with Crippen LogP contribution in [0, 0.1) is 0 Å². The van der Waals surface area contributed by atoms with E-state index in [0.29, 0.717) is 33.0 Å². The number of benzene rings is 3. The largest absolute Gasteiger partial charge is 0.497 e. The highest BCUT2D eigenvalue weighted by Gasteiger charge is 2.28. The molecule has 4 rings (SSSR count). The van der Waals surface area contributed by atoms with E-state index in [4.69, 9.17) is 9.47 Å². The van der Waals surface area contributed by atoms with Gasteiger partial charge in [0.2, 0.25) is 0 Å². The number of aromatic carboxylic acids is 1. The summed E-state index contributed by atoms with van der Waals surface area (Å²) in [6.45, 7) is -0.0176. The predicted octanol–water partition coefficient (Wildman–Crippen LogP) is 4.41. The molecule has 33 heavy (non-hydrogen) atoms. The highest BCUT2D eigenvalue weighted by atomic mass is 32.2. The quantitative estimate of drug-likeness (QED) is 0.395. The molecule has 0 aliphatic carbocycles. The van der Waals surface area contributed by atoms with E-state index in [0.717, 1.165) is 0 Å². The SMILES string of the molecule is COc1ccc(CN(c2nccs2)S(=O)(=O)c2ccc3c(C(=O)O)cccc3c2)c(OC)c1. The Hall–Kier alpha value is -3.63. The summed E-state index contributed by atoms with van der Waals surface area (Å²) < 4.78 is 39.3. The molecular weight excluding hydrogens is 464 g/mol. The number of thiazole rings is 1. The van der Waals surface area contributed by atoms with Gasteiger partial charge in [-0.3, -0.25) is 0 Å². The Balaban J connectivity index is 1.81. The lowest BCUT2D eigenvalue weighted by Gasteiger charge is -2.23. The van der Waals surface area contributed by atoms with Crippen molar-refractivity contribution in [3.63, 3.8) is 0 Å². The highest BCUT2D eigenvalue weighted by Crippen LogP contribution is 2.33. The third-order valence-corrected chi connectivity index (χ3v) is 7.75. The maximum absolute atomic E-state index is 13.7. The van der Waals surface area contributed by atoms with Gasteiger partial charge in [-0.1, -0.05) is 18.2 Å². The third kappa shape index (κ3) is 4.35. The third-order valence-electron chi connectivity index (χ3n) is 5.11. The summed E-state index contributed by atoms with van der Waals surface area (Å²) in [7, 11) is -0.999. The summed E-state index contributed by atoms with van der Waals surface area (Å²) in [5, 5.41) is 12.4. The monoisotopic (exact) mass is 484 g/mol. The van der Waals surface area contributed by atoms with Gasteiger partial charge >= 0.3 is 5.97 Å². The molecule has 8 nitrogen and oxygen atoms in total. The number of methoxy groups -OCH3 is 2. The van der Waals surface area contributed by atoms with Crippen molar-refractivity contribution in [3.8, 4) is 11.5 Å². The number of sulfonamides is 1. The van der Waals surface area contributed by atoms with Crippen LogP contribution in [0.3, 0.4) is 0 Å². The molecule has 0 aliphatic rings. The number of carboxylic acid groups (broad SMARTS) is 1. The topological polar surface area (TPSA) is 106 Å². The Morgan fingerprint density at radius 2 is 1.91 bits per heavy atom. The van der Waals surface area contributed by atoms with Gasteiger partial charge in [0.1, 0.15) is 11.5 Å². The van der Waals surface area contributed by atoms with Gasteiger partial charge in [0.25, 0.3) is 10.0 Å². The Labute approximate surface area is 194 Å². The molecular formula is C23H20N2O6S2. The maximum atomic E-state index is 13.7. The number of rotatable bonds is 8. The normalized spacial score (nSPS) is 11.3. The first-order chi connectivity index (χ1) is 15.8. The summed E-state index contributed by atoms with van der Waals surface area (Å²) in [6.07, 6.45) is 1.54. The Morgan fingerprint density at radius 3 is 2.58 bits per heavy atom. The first-order valence-corrected chi connectivity index (χ1v) is 12.1. The first-order valence-electron chi connectivity index (χ1n) is 9.74. The smallest absolute Gasteiger partial charge is 0.336 e. The number of ether oxygens (including phenoxy) is 2. The molecule has 1 aromatic heterocycles. The van der Waals surface area contributed by atoms with Crippen molar-refractivity contribution in [1.82, 2.24) is 4.98 Å². The minimum absolute atomic E-state index is 0.0176. The van der Waals surface area contributed by atoms with Crippen LogP contribution in [-0.4, -0.2) is 38.7 Å². The van der Waals surface area contributed by atoms with E-state index >= 15 is 0 Å². The van der Waals surface area contributed by atoms with Crippen LogP contribution in [0.5, 0.6) is 11.5 Å². The number of carbonyl (C=O) groups is 1. The van der Waals surface area contributed by atoms with Crippen LogP contribution in [0.4, 0.5) is 5.13 Å². The molecule has 0 saturated carbocycles. The summed E-state index contributed by atoms with van der Waals surface area (Å²) >= 11 is 1.20. The number of nitrogens with zero attached hydrogens (tertiary/aromatic N) is 2. The molecule has 0 atom stereocenters. The second kappa shape index (κ2) is 9.08. The molecule has 0 aliphatic heterocycles. The van der Waals surface area contributed by atoms with Crippen LogP contribution < -0.4 is 13.8 Å². The van der Waals surface area contributed by atoms with Gasteiger partial charge < -0.3 is 14.6 Å². The number of aromatic nitrogens is 1. The number of hydrogen-bond acceptors (Lipinski definition) is 7. The van der Waals surface area contributed by atoms with E-state index in [1.54, 1.807) is 35.7 Å². The number of fused-ring (bicyclic) bond motifs is 1. The van der Waals surface area contributed by atoms with Crippen molar-refractivity contribution in [2.75, 3.05) is 18.5 Å². The summed E-state index contributed by atoms with van der Waals surface area (Å²) in [6, 6.07) is 14.3. The molecule has 0 spiro atoms. The molecule has 1 heterocycles. The van der Waals surface area contributed by atoms with Crippen LogP contribution >= 0.6 is 11.3 Å². The van der Waals surface area contributed by atoms with Crippen LogP contribution in [0.2, 0.25) is 0 Å². The van der Waals surface area contributed by atoms with E-state index in [2.05, 4.69) is 4.98 Å². The van der Waals surface area contributed by atoms with E-state index < -0.39 is 16.0 Å². The molecule has 0 radical (unpaired) electrons. The molecule has 4 aromatic rings. The number of anilines is 1. The van der Waals surface area contributed by atoms with Crippen molar-refractivity contribution in [3.05, 3.63) is 77.3 Å². The van der Waals surface area contributed by atoms with Gasteiger partial charge in [-0.05, 0) is 41.1 Å². The number of carboxylic acids is 1. The van der Waals surface area contributed by atoms with Gasteiger partial charge in [0.15, 0.2) is 5.13 Å². The summed E-state index contributed by atoms with van der Waals surface area (Å²) in [5.41, 5.74) is 0.738. The fraction of sp³-hybridized carbons (Fsp3) is 0.130. The van der Waals surface area contributed by atoms with Gasteiger partial charge in [-0.15, -0.1) is 11.3 Å². The van der Waals surface area contributed by atoms with Gasteiger partial charge in [0, 0.05) is 23.2 Å². The summed E-state index contributed by atoms with van der Waals surface area (Å²) in [4.78, 5) is 15.8. The fourth-order valence-electron chi connectivity index (χ4n) is 3.47. The average molecular weight is 485 g/mol. The van der Waals surface area contributed by atoms with Crippen LogP contribution in [-0.2, 0) is 16.6 Å². The standard InChI is InChI=1S/C23H20N2O6S2/c1-30-17-7-6-16(21(13-17)31-2)14-25(23-24-10-11-32-23)33(28,29)18-8-9-19-15(12-18)4-3-5-20(19)22(26)27/h3-13H,14H2,1-2H3,(H,26,27).